The molecular weight excluding hydrogens is 541 g/mol. The van der Waals surface area contributed by atoms with Gasteiger partial charge in [-0.2, -0.15) is 0 Å². The molecule has 4 rings (SSSR count). The van der Waals surface area contributed by atoms with E-state index in [0.717, 1.165) is 37.3 Å². The third-order valence-corrected chi connectivity index (χ3v) is 7.16. The van der Waals surface area contributed by atoms with E-state index in [1.54, 1.807) is 18.2 Å². The van der Waals surface area contributed by atoms with Gasteiger partial charge in [-0.3, -0.25) is 14.5 Å². The van der Waals surface area contributed by atoms with Crippen LogP contribution in [-0.4, -0.2) is 86.3 Å². The minimum atomic E-state index is -2.74. The van der Waals surface area contributed by atoms with Crippen LogP contribution in [0.15, 0.2) is 48.5 Å². The van der Waals surface area contributed by atoms with Gasteiger partial charge in [0.2, 0.25) is 0 Å². The lowest BCUT2D eigenvalue weighted by atomic mass is 9.84. The first-order chi connectivity index (χ1) is 19.4. The third kappa shape index (κ3) is 9.22. The lowest BCUT2D eigenvalue weighted by molar-refractivity contribution is -0.170. The summed E-state index contributed by atoms with van der Waals surface area (Å²) in [5, 5.41) is 44.8. The molecule has 2 aromatic rings. The number of likely N-dealkylation sites (tertiary alicyclic amines) is 1. The van der Waals surface area contributed by atoms with Gasteiger partial charge in [0.15, 0.2) is 5.60 Å². The SMILES string of the molecule is O=C(O)CC(O)(CC(=O)O)C(=O)O.OC1(c2ccccc2F)CCN(Cc2ccccc2OCC2CCCO2)CC1. The van der Waals surface area contributed by atoms with Crippen LogP contribution in [-0.2, 0) is 31.3 Å². The van der Waals surface area contributed by atoms with Crippen molar-refractivity contribution < 1.29 is 53.8 Å². The Morgan fingerprint density at radius 2 is 1.61 bits per heavy atom. The normalized spacial score (nSPS) is 18.7. The molecule has 0 aliphatic carbocycles. The molecule has 5 N–H and O–H groups in total. The molecule has 2 aliphatic rings. The quantitative estimate of drug-likeness (QED) is 0.266. The summed E-state index contributed by atoms with van der Waals surface area (Å²) in [6, 6.07) is 14.7. The second-order valence-corrected chi connectivity index (χ2v) is 10.3. The number of nitrogens with zero attached hydrogens (tertiary/aromatic N) is 1. The highest BCUT2D eigenvalue weighted by atomic mass is 19.1. The third-order valence-electron chi connectivity index (χ3n) is 7.16. The van der Waals surface area contributed by atoms with Crippen LogP contribution in [0.3, 0.4) is 0 Å². The molecule has 12 heteroatoms. The molecule has 0 saturated carbocycles. The number of para-hydroxylation sites is 1. The smallest absolute Gasteiger partial charge is 0.336 e. The molecule has 0 radical (unpaired) electrons. The highest BCUT2D eigenvalue weighted by Crippen LogP contribution is 2.35. The van der Waals surface area contributed by atoms with Gasteiger partial charge in [0.05, 0.1) is 24.5 Å². The Morgan fingerprint density at radius 3 is 2.17 bits per heavy atom. The fourth-order valence-electron chi connectivity index (χ4n) is 4.88. The van der Waals surface area contributed by atoms with E-state index in [2.05, 4.69) is 11.0 Å². The van der Waals surface area contributed by atoms with Crippen LogP contribution >= 0.6 is 0 Å². The molecule has 0 bridgehead atoms. The number of hydrogen-bond acceptors (Lipinski definition) is 8. The number of halogens is 1. The highest BCUT2D eigenvalue weighted by molar-refractivity contribution is 5.88. The first-order valence-electron chi connectivity index (χ1n) is 13.3. The van der Waals surface area contributed by atoms with E-state index in [9.17, 15) is 23.9 Å². The molecule has 2 heterocycles. The maximum absolute atomic E-state index is 14.1. The van der Waals surface area contributed by atoms with Gasteiger partial charge in [-0.1, -0.05) is 36.4 Å². The van der Waals surface area contributed by atoms with Gasteiger partial charge in [-0.25, -0.2) is 9.18 Å². The summed E-state index contributed by atoms with van der Waals surface area (Å²) in [5.74, 6) is -4.45. The zero-order valence-electron chi connectivity index (χ0n) is 22.6. The summed E-state index contributed by atoms with van der Waals surface area (Å²) in [6.07, 6.45) is 1.11. The fourth-order valence-corrected chi connectivity index (χ4v) is 4.88. The molecule has 2 saturated heterocycles. The van der Waals surface area contributed by atoms with Crippen molar-refractivity contribution in [3.63, 3.8) is 0 Å². The number of carboxylic acid groups (broad SMARTS) is 3. The monoisotopic (exact) mass is 577 g/mol. The topological polar surface area (TPSA) is 174 Å². The molecule has 2 aromatic carbocycles. The minimum absolute atomic E-state index is 0.193. The summed E-state index contributed by atoms with van der Waals surface area (Å²) in [6.45, 7) is 3.60. The van der Waals surface area contributed by atoms with Crippen LogP contribution in [0, 0.1) is 5.82 Å². The first kappa shape index (κ1) is 31.9. The number of hydrogen-bond donors (Lipinski definition) is 5. The van der Waals surface area contributed by atoms with Crippen molar-refractivity contribution in [3.05, 3.63) is 65.5 Å². The van der Waals surface area contributed by atoms with E-state index in [1.165, 1.54) is 6.07 Å². The van der Waals surface area contributed by atoms with Crippen LogP contribution in [0.2, 0.25) is 0 Å². The molecule has 1 unspecified atom stereocenters. The van der Waals surface area contributed by atoms with Crippen LogP contribution in [0.5, 0.6) is 5.75 Å². The van der Waals surface area contributed by atoms with Crippen molar-refractivity contribution in [2.24, 2.45) is 0 Å². The molecule has 224 valence electrons. The van der Waals surface area contributed by atoms with Crippen molar-refractivity contribution in [2.45, 2.75) is 62.4 Å². The van der Waals surface area contributed by atoms with Gasteiger partial charge >= 0.3 is 17.9 Å². The van der Waals surface area contributed by atoms with E-state index >= 15 is 0 Å². The number of aliphatic carboxylic acids is 3. The Kier molecular flexibility index (Phi) is 11.2. The van der Waals surface area contributed by atoms with Crippen LogP contribution in [0.25, 0.3) is 0 Å². The largest absolute Gasteiger partial charge is 0.491 e. The predicted octanol–water partition coefficient (Wildman–Crippen LogP) is 2.62. The number of carboxylic acids is 3. The number of carbonyl (C=O) groups is 3. The molecule has 1 atom stereocenters. The fraction of sp³-hybridized carbons (Fsp3) is 0.483. The van der Waals surface area contributed by atoms with Crippen molar-refractivity contribution in [2.75, 3.05) is 26.3 Å². The summed E-state index contributed by atoms with van der Waals surface area (Å²) in [5.41, 5.74) is -2.28. The van der Waals surface area contributed by atoms with Gasteiger partial charge in [-0.15, -0.1) is 0 Å². The Balaban J connectivity index is 0.000000302. The van der Waals surface area contributed by atoms with E-state index < -0.39 is 42.0 Å². The Labute approximate surface area is 236 Å². The number of ether oxygens (including phenoxy) is 2. The summed E-state index contributed by atoms with van der Waals surface area (Å²) >= 11 is 0. The molecular formula is C29H36FNO10. The molecule has 2 aliphatic heterocycles. The molecule has 0 spiro atoms. The summed E-state index contributed by atoms with van der Waals surface area (Å²) in [4.78, 5) is 32.8. The Bertz CT molecular complexity index is 1180. The van der Waals surface area contributed by atoms with Gasteiger partial charge < -0.3 is 35.0 Å². The average Bonchev–Trinajstić information content (AvgIpc) is 3.43. The first-order valence-corrected chi connectivity index (χ1v) is 13.3. The van der Waals surface area contributed by atoms with Crippen molar-refractivity contribution >= 4 is 17.9 Å². The van der Waals surface area contributed by atoms with Crippen molar-refractivity contribution in [3.8, 4) is 5.75 Å². The molecule has 0 amide bonds. The molecule has 0 aromatic heterocycles. The van der Waals surface area contributed by atoms with Gasteiger partial charge in [0.25, 0.3) is 0 Å². The van der Waals surface area contributed by atoms with E-state index in [1.807, 2.05) is 18.2 Å². The second kappa shape index (κ2) is 14.4. The van der Waals surface area contributed by atoms with Crippen LogP contribution in [0.4, 0.5) is 4.39 Å². The van der Waals surface area contributed by atoms with Gasteiger partial charge in [0.1, 0.15) is 18.2 Å². The minimum Gasteiger partial charge on any atom is -0.491 e. The molecule has 41 heavy (non-hydrogen) atoms. The number of aliphatic hydroxyl groups is 2. The summed E-state index contributed by atoms with van der Waals surface area (Å²) in [7, 11) is 0. The lowest BCUT2D eigenvalue weighted by Gasteiger charge is -2.38. The lowest BCUT2D eigenvalue weighted by Crippen LogP contribution is -2.42. The zero-order chi connectivity index (χ0) is 30.0. The van der Waals surface area contributed by atoms with Gasteiger partial charge in [-0.05, 0) is 37.8 Å². The maximum atomic E-state index is 14.1. The second-order valence-electron chi connectivity index (χ2n) is 10.3. The van der Waals surface area contributed by atoms with Crippen molar-refractivity contribution in [1.29, 1.82) is 0 Å². The maximum Gasteiger partial charge on any atom is 0.336 e. The number of benzene rings is 2. The molecule has 2 fully saturated rings. The predicted molar refractivity (Wildman–Crippen MR) is 143 cm³/mol. The Morgan fingerprint density at radius 1 is 1.00 bits per heavy atom. The van der Waals surface area contributed by atoms with Gasteiger partial charge in [0, 0.05) is 37.4 Å². The zero-order valence-corrected chi connectivity index (χ0v) is 22.6. The van der Waals surface area contributed by atoms with Crippen LogP contribution < -0.4 is 4.74 Å². The van der Waals surface area contributed by atoms with Crippen molar-refractivity contribution in [1.82, 2.24) is 4.90 Å². The van der Waals surface area contributed by atoms with E-state index in [4.69, 9.17) is 29.9 Å². The summed E-state index contributed by atoms with van der Waals surface area (Å²) < 4.78 is 25.8. The average molecular weight is 578 g/mol. The highest BCUT2D eigenvalue weighted by Gasteiger charge is 2.41. The van der Waals surface area contributed by atoms with E-state index in [-0.39, 0.29) is 11.9 Å². The Hall–Kier alpha value is -3.58. The van der Waals surface area contributed by atoms with E-state index in [0.29, 0.717) is 38.1 Å². The molecule has 11 nitrogen and oxygen atoms in total. The van der Waals surface area contributed by atoms with Crippen LogP contribution in [0.1, 0.15) is 49.7 Å². The number of rotatable bonds is 11. The number of piperidine rings is 1. The standard InChI is InChI=1S/C23H28FNO3.C6H8O7/c24-21-9-3-2-8-20(21)23(26)11-13-25(14-12-23)16-18-6-1-4-10-22(18)28-17-19-7-5-15-27-19;7-3(8)1-6(13,5(11)12)2-4(9)10/h1-4,6,8-10,19,26H,5,7,11-17H2;13H,1-2H2,(H,7,8)(H,9,10)(H,11,12).